The number of nitrogens with zero attached hydrogens (tertiary/aromatic N) is 3. The molecular formula is C23H18F2N4O. The maximum absolute atomic E-state index is 14.2. The summed E-state index contributed by atoms with van der Waals surface area (Å²) in [5.41, 5.74) is 1.11. The number of nitrogens with one attached hydrogen (secondary N) is 1. The number of rotatable bonds is 3. The molecule has 5 nitrogen and oxygen atoms in total. The van der Waals surface area contributed by atoms with Crippen molar-refractivity contribution in [2.24, 2.45) is 5.10 Å². The van der Waals surface area contributed by atoms with Crippen LogP contribution in [0.4, 0.5) is 8.78 Å². The molecule has 1 N–H and O–H groups in total. The third-order valence-corrected chi connectivity index (χ3v) is 3.87. The lowest BCUT2D eigenvalue weighted by molar-refractivity contribution is 0.0976. The molecule has 30 heavy (non-hydrogen) atoms. The van der Waals surface area contributed by atoms with Gasteiger partial charge in [-0.2, -0.15) is 5.10 Å². The number of benzene rings is 2. The number of hydrogen-bond acceptors (Lipinski definition) is 4. The molecule has 0 aliphatic carbocycles. The Hall–Kier alpha value is -4.05. The molecule has 0 spiro atoms. The minimum atomic E-state index is -0.833. The Labute approximate surface area is 173 Å². The van der Waals surface area contributed by atoms with Gasteiger partial charge in [-0.1, -0.05) is 30.2 Å². The molecular weight excluding hydrogens is 386 g/mol. The van der Waals surface area contributed by atoms with Crippen LogP contribution in [0, 0.1) is 23.5 Å². The summed E-state index contributed by atoms with van der Waals surface area (Å²) in [6.07, 6.45) is 1.34. The van der Waals surface area contributed by atoms with Gasteiger partial charge in [0, 0.05) is 25.9 Å². The van der Waals surface area contributed by atoms with Crippen molar-refractivity contribution in [3.05, 3.63) is 101 Å². The molecule has 3 aromatic rings. The zero-order valence-electron chi connectivity index (χ0n) is 16.4. The first-order valence-electron chi connectivity index (χ1n) is 8.99. The molecule has 150 valence electrons. The van der Waals surface area contributed by atoms with E-state index in [-0.39, 0.29) is 11.4 Å². The van der Waals surface area contributed by atoms with Crippen LogP contribution in [0.25, 0.3) is 0 Å². The van der Waals surface area contributed by atoms with Crippen LogP contribution in [-0.2, 0) is 0 Å². The predicted molar refractivity (Wildman–Crippen MR) is 111 cm³/mol. The second kappa shape index (κ2) is 9.43. The van der Waals surface area contributed by atoms with Crippen molar-refractivity contribution < 1.29 is 13.6 Å². The summed E-state index contributed by atoms with van der Waals surface area (Å²) >= 11 is 0. The molecule has 7 heteroatoms. The first-order valence-corrected chi connectivity index (χ1v) is 8.99. The molecule has 0 unspecified atom stereocenters. The molecule has 1 heterocycles. The van der Waals surface area contributed by atoms with Crippen molar-refractivity contribution >= 4 is 11.7 Å². The zero-order chi connectivity index (χ0) is 21.5. The van der Waals surface area contributed by atoms with Gasteiger partial charge < -0.3 is 10.3 Å². The van der Waals surface area contributed by atoms with Crippen LogP contribution in [-0.4, -0.2) is 35.8 Å². The number of amidine groups is 1. The lowest BCUT2D eigenvalue weighted by Gasteiger charge is -2.13. The van der Waals surface area contributed by atoms with Gasteiger partial charge >= 0.3 is 0 Å². The number of aromatic nitrogens is 1. The molecule has 2 aromatic carbocycles. The Bertz CT molecular complexity index is 1110. The summed E-state index contributed by atoms with van der Waals surface area (Å²) in [5, 5.41) is 7.80. The molecule has 0 fully saturated rings. The average molecular weight is 404 g/mol. The fourth-order valence-electron chi connectivity index (χ4n) is 2.50. The Kier molecular flexibility index (Phi) is 6.50. The third-order valence-electron chi connectivity index (χ3n) is 3.87. The molecule has 0 radical (unpaired) electrons. The zero-order valence-corrected chi connectivity index (χ0v) is 16.4. The first-order chi connectivity index (χ1) is 14.4. The number of hydrogen-bond donors (Lipinski definition) is 1. The van der Waals surface area contributed by atoms with Gasteiger partial charge in [0.05, 0.1) is 11.1 Å². The average Bonchev–Trinajstić information content (AvgIpc) is 2.72. The van der Waals surface area contributed by atoms with E-state index in [1.165, 1.54) is 23.3 Å². The second-order valence-corrected chi connectivity index (χ2v) is 6.39. The summed E-state index contributed by atoms with van der Waals surface area (Å²) in [4.78, 5) is 16.7. The van der Waals surface area contributed by atoms with E-state index in [4.69, 9.17) is 0 Å². The smallest absolute Gasteiger partial charge is 0.258 e. The minimum absolute atomic E-state index is 0.198. The highest BCUT2D eigenvalue weighted by Gasteiger charge is 2.19. The minimum Gasteiger partial charge on any atom is -0.304 e. The monoisotopic (exact) mass is 404 g/mol. The van der Waals surface area contributed by atoms with Crippen molar-refractivity contribution in [2.75, 3.05) is 14.1 Å². The number of halogens is 2. The van der Waals surface area contributed by atoms with Gasteiger partial charge in [-0.25, -0.2) is 13.8 Å². The summed E-state index contributed by atoms with van der Waals surface area (Å²) in [6, 6.07) is 16.0. The van der Waals surface area contributed by atoms with Gasteiger partial charge in [0.1, 0.15) is 17.3 Å². The summed E-state index contributed by atoms with van der Waals surface area (Å²) in [7, 11) is 3.15. The summed E-state index contributed by atoms with van der Waals surface area (Å²) in [6.45, 7) is 0. The van der Waals surface area contributed by atoms with Crippen molar-refractivity contribution in [3.63, 3.8) is 0 Å². The van der Waals surface area contributed by atoms with Crippen LogP contribution in [0.2, 0.25) is 0 Å². The molecule has 1 amide bonds. The Balaban J connectivity index is 1.81. The highest BCUT2D eigenvalue weighted by molar-refractivity contribution is 6.12. The highest BCUT2D eigenvalue weighted by atomic mass is 19.1. The van der Waals surface area contributed by atoms with E-state index in [2.05, 4.69) is 27.2 Å². The van der Waals surface area contributed by atoms with Gasteiger partial charge in [0.15, 0.2) is 5.84 Å². The van der Waals surface area contributed by atoms with Crippen LogP contribution < -0.4 is 5.32 Å². The van der Waals surface area contributed by atoms with Crippen molar-refractivity contribution in [2.45, 2.75) is 0 Å². The number of hydrazone groups is 1. The Morgan fingerprint density at radius 1 is 0.967 bits per heavy atom. The van der Waals surface area contributed by atoms with Gasteiger partial charge in [-0.3, -0.25) is 4.79 Å². The van der Waals surface area contributed by atoms with Crippen molar-refractivity contribution in [1.82, 2.24) is 15.3 Å². The molecule has 0 aliphatic rings. The molecule has 1 aromatic heterocycles. The van der Waals surface area contributed by atoms with Gasteiger partial charge in [0.25, 0.3) is 5.91 Å². The van der Waals surface area contributed by atoms with Gasteiger partial charge in [0.2, 0.25) is 0 Å². The quantitative estimate of drug-likeness (QED) is 0.315. The topological polar surface area (TPSA) is 57.6 Å². The van der Waals surface area contributed by atoms with E-state index in [0.717, 1.165) is 17.7 Å². The second-order valence-electron chi connectivity index (χ2n) is 6.39. The molecule has 0 bridgehead atoms. The molecule has 0 saturated heterocycles. The molecule has 3 rings (SSSR count). The van der Waals surface area contributed by atoms with E-state index >= 15 is 0 Å². The van der Waals surface area contributed by atoms with E-state index in [9.17, 15) is 13.6 Å². The largest absolute Gasteiger partial charge is 0.304 e. The number of carbonyl (C=O) groups excluding carboxylic acids is 1. The van der Waals surface area contributed by atoms with E-state index in [1.807, 2.05) is 30.3 Å². The molecule has 0 atom stereocenters. The Morgan fingerprint density at radius 2 is 1.67 bits per heavy atom. The fraction of sp³-hybridized carbons (Fsp3) is 0.0870. The van der Waals surface area contributed by atoms with Crippen LogP contribution in [0.15, 0.2) is 72.0 Å². The van der Waals surface area contributed by atoms with Crippen LogP contribution >= 0.6 is 0 Å². The van der Waals surface area contributed by atoms with Gasteiger partial charge in [-0.05, 0) is 42.3 Å². The fourth-order valence-corrected chi connectivity index (χ4v) is 2.50. The first kappa shape index (κ1) is 20.7. The lowest BCUT2D eigenvalue weighted by Crippen LogP contribution is -2.34. The SMILES string of the molecule is CN(C)/N=C(/NC(=O)c1ccc(C#Cc2ccccc2)nc1)c1c(F)cccc1F. The van der Waals surface area contributed by atoms with Crippen LogP contribution in [0.1, 0.15) is 27.2 Å². The van der Waals surface area contributed by atoms with Crippen molar-refractivity contribution in [3.8, 4) is 11.8 Å². The number of pyridine rings is 1. The summed E-state index contributed by atoms with van der Waals surface area (Å²) < 4.78 is 28.3. The van der Waals surface area contributed by atoms with Crippen LogP contribution in [0.3, 0.4) is 0 Å². The highest BCUT2D eigenvalue weighted by Crippen LogP contribution is 2.13. The molecule has 0 aliphatic heterocycles. The van der Waals surface area contributed by atoms with Crippen molar-refractivity contribution in [1.29, 1.82) is 0 Å². The Morgan fingerprint density at radius 3 is 2.27 bits per heavy atom. The number of amides is 1. The van der Waals surface area contributed by atoms with E-state index in [1.54, 1.807) is 20.2 Å². The third kappa shape index (κ3) is 5.26. The molecule has 0 saturated carbocycles. The lowest BCUT2D eigenvalue weighted by atomic mass is 10.1. The predicted octanol–water partition coefficient (Wildman–Crippen LogP) is 3.41. The van der Waals surface area contributed by atoms with E-state index < -0.39 is 23.1 Å². The maximum Gasteiger partial charge on any atom is 0.258 e. The van der Waals surface area contributed by atoms with Gasteiger partial charge in [-0.15, -0.1) is 0 Å². The standard InChI is InChI=1S/C23H18F2N4O/c1-29(2)28-22(21-19(24)9-6-10-20(21)25)27-23(30)17-12-14-18(26-15-17)13-11-16-7-4-3-5-8-16/h3-10,12,14-15H,1-2H3,(H,27,28,30). The number of carbonyl (C=O) groups is 1. The summed E-state index contributed by atoms with van der Waals surface area (Å²) in [5.74, 6) is 3.38. The maximum atomic E-state index is 14.2. The normalized spacial score (nSPS) is 10.7. The van der Waals surface area contributed by atoms with E-state index in [0.29, 0.717) is 5.69 Å². The van der Waals surface area contributed by atoms with Crippen LogP contribution in [0.5, 0.6) is 0 Å².